The molecule has 0 amide bonds. The molecular formula is C17H26ClNO2. The predicted molar refractivity (Wildman–Crippen MR) is 86.5 cm³/mol. The highest BCUT2D eigenvalue weighted by molar-refractivity contribution is 6.30. The van der Waals surface area contributed by atoms with Gasteiger partial charge in [-0.25, -0.2) is 0 Å². The molecule has 2 rings (SSSR count). The van der Waals surface area contributed by atoms with Crippen LogP contribution in [0.2, 0.25) is 5.02 Å². The van der Waals surface area contributed by atoms with E-state index in [9.17, 15) is 5.11 Å². The minimum atomic E-state index is -0.450. The second-order valence-corrected chi connectivity index (χ2v) is 6.56. The highest BCUT2D eigenvalue weighted by atomic mass is 35.5. The summed E-state index contributed by atoms with van der Waals surface area (Å²) >= 11 is 5.83. The average molecular weight is 312 g/mol. The van der Waals surface area contributed by atoms with Gasteiger partial charge in [0, 0.05) is 11.6 Å². The molecule has 0 radical (unpaired) electrons. The number of rotatable bonds is 8. The second kappa shape index (κ2) is 8.74. The SMILES string of the molecule is CC1CCCC1CNCC(O)COCc1ccc(Cl)cc1. The van der Waals surface area contributed by atoms with E-state index in [0.717, 1.165) is 29.0 Å². The van der Waals surface area contributed by atoms with Crippen LogP contribution in [0.5, 0.6) is 0 Å². The zero-order valence-corrected chi connectivity index (χ0v) is 13.5. The van der Waals surface area contributed by atoms with Crippen LogP contribution in [-0.2, 0) is 11.3 Å². The number of aliphatic hydroxyl groups excluding tert-OH is 1. The van der Waals surface area contributed by atoms with Crippen molar-refractivity contribution in [3.63, 3.8) is 0 Å². The van der Waals surface area contributed by atoms with Crippen LogP contribution in [0.1, 0.15) is 31.7 Å². The number of hydrogen-bond acceptors (Lipinski definition) is 3. The van der Waals surface area contributed by atoms with Crippen molar-refractivity contribution in [2.24, 2.45) is 11.8 Å². The van der Waals surface area contributed by atoms with Crippen molar-refractivity contribution in [2.75, 3.05) is 19.7 Å². The van der Waals surface area contributed by atoms with Crippen LogP contribution in [-0.4, -0.2) is 30.9 Å². The van der Waals surface area contributed by atoms with Gasteiger partial charge in [0.25, 0.3) is 0 Å². The normalized spacial score (nSPS) is 23.4. The topological polar surface area (TPSA) is 41.5 Å². The molecule has 0 bridgehead atoms. The van der Waals surface area contributed by atoms with E-state index in [-0.39, 0.29) is 0 Å². The third-order valence-corrected chi connectivity index (χ3v) is 4.57. The molecule has 1 saturated carbocycles. The Morgan fingerprint density at radius 1 is 1.33 bits per heavy atom. The molecule has 1 fully saturated rings. The first-order valence-corrected chi connectivity index (χ1v) is 8.24. The molecule has 0 saturated heterocycles. The van der Waals surface area contributed by atoms with Crippen molar-refractivity contribution in [2.45, 2.75) is 38.9 Å². The van der Waals surface area contributed by atoms with E-state index < -0.39 is 6.10 Å². The standard InChI is InChI=1S/C17H26ClNO2/c1-13-3-2-4-15(13)9-19-10-17(20)12-21-11-14-5-7-16(18)8-6-14/h5-8,13,15,17,19-20H,2-4,9-12H2,1H3. The molecule has 1 aromatic carbocycles. The van der Waals surface area contributed by atoms with Gasteiger partial charge in [-0.3, -0.25) is 0 Å². The second-order valence-electron chi connectivity index (χ2n) is 6.12. The number of nitrogens with one attached hydrogen (secondary N) is 1. The summed E-state index contributed by atoms with van der Waals surface area (Å²) < 4.78 is 5.53. The molecule has 0 heterocycles. The minimum Gasteiger partial charge on any atom is -0.389 e. The van der Waals surface area contributed by atoms with Crippen molar-refractivity contribution in [3.8, 4) is 0 Å². The van der Waals surface area contributed by atoms with Crippen molar-refractivity contribution in [3.05, 3.63) is 34.9 Å². The fourth-order valence-electron chi connectivity index (χ4n) is 2.91. The largest absolute Gasteiger partial charge is 0.389 e. The van der Waals surface area contributed by atoms with E-state index in [1.54, 1.807) is 0 Å². The van der Waals surface area contributed by atoms with Crippen LogP contribution < -0.4 is 5.32 Å². The summed E-state index contributed by atoms with van der Waals surface area (Å²) in [6, 6.07) is 7.57. The Bertz CT molecular complexity index is 410. The fraction of sp³-hybridized carbons (Fsp3) is 0.647. The smallest absolute Gasteiger partial charge is 0.0897 e. The van der Waals surface area contributed by atoms with Gasteiger partial charge in [-0.15, -0.1) is 0 Å². The molecule has 21 heavy (non-hydrogen) atoms. The summed E-state index contributed by atoms with van der Waals surface area (Å²) in [5.41, 5.74) is 1.07. The number of halogens is 1. The predicted octanol–water partition coefficient (Wildman–Crippen LogP) is 3.24. The summed E-state index contributed by atoms with van der Waals surface area (Å²) in [6.07, 6.45) is 3.56. The molecule has 2 N–H and O–H groups in total. The summed E-state index contributed by atoms with van der Waals surface area (Å²) in [5.74, 6) is 1.59. The highest BCUT2D eigenvalue weighted by Gasteiger charge is 2.22. The Hall–Kier alpha value is -0.610. The molecule has 3 unspecified atom stereocenters. The number of benzene rings is 1. The maximum atomic E-state index is 9.90. The third-order valence-electron chi connectivity index (χ3n) is 4.32. The van der Waals surface area contributed by atoms with Gasteiger partial charge in [0.05, 0.1) is 19.3 Å². The lowest BCUT2D eigenvalue weighted by Crippen LogP contribution is -2.34. The maximum absolute atomic E-state index is 9.90. The van der Waals surface area contributed by atoms with Crippen LogP contribution in [0.4, 0.5) is 0 Å². The highest BCUT2D eigenvalue weighted by Crippen LogP contribution is 2.30. The molecular weight excluding hydrogens is 286 g/mol. The first kappa shape index (κ1) is 16.8. The first-order chi connectivity index (χ1) is 10.1. The molecule has 118 valence electrons. The van der Waals surface area contributed by atoms with Gasteiger partial charge in [0.2, 0.25) is 0 Å². The number of ether oxygens (including phenoxy) is 1. The Labute approximate surface area is 132 Å². The van der Waals surface area contributed by atoms with Gasteiger partial charge in [-0.2, -0.15) is 0 Å². The quantitative estimate of drug-likeness (QED) is 0.774. The van der Waals surface area contributed by atoms with Crippen molar-refractivity contribution in [1.29, 1.82) is 0 Å². The van der Waals surface area contributed by atoms with Gasteiger partial charge < -0.3 is 15.2 Å². The fourth-order valence-corrected chi connectivity index (χ4v) is 3.04. The van der Waals surface area contributed by atoms with E-state index in [1.807, 2.05) is 24.3 Å². The van der Waals surface area contributed by atoms with Crippen molar-refractivity contribution in [1.82, 2.24) is 5.32 Å². The zero-order chi connectivity index (χ0) is 15.1. The van der Waals surface area contributed by atoms with Crippen molar-refractivity contribution >= 4 is 11.6 Å². The molecule has 1 aromatic rings. The molecule has 0 spiro atoms. The van der Waals surface area contributed by atoms with Gasteiger partial charge in [-0.1, -0.05) is 43.5 Å². The lowest BCUT2D eigenvalue weighted by Gasteiger charge is -2.18. The van der Waals surface area contributed by atoms with Crippen LogP contribution in [0.15, 0.2) is 24.3 Å². The van der Waals surface area contributed by atoms with E-state index in [0.29, 0.717) is 19.8 Å². The Balaban J connectivity index is 1.55. The summed E-state index contributed by atoms with van der Waals surface area (Å²) in [6.45, 7) is 4.80. The third kappa shape index (κ3) is 5.95. The first-order valence-electron chi connectivity index (χ1n) is 7.86. The molecule has 1 aliphatic carbocycles. The summed E-state index contributed by atoms with van der Waals surface area (Å²) in [4.78, 5) is 0. The van der Waals surface area contributed by atoms with Crippen molar-refractivity contribution < 1.29 is 9.84 Å². The summed E-state index contributed by atoms with van der Waals surface area (Å²) in [5, 5.41) is 14.0. The Morgan fingerprint density at radius 2 is 2.10 bits per heavy atom. The van der Waals surface area contributed by atoms with E-state index in [2.05, 4.69) is 12.2 Å². The van der Waals surface area contributed by atoms with Gasteiger partial charge in [-0.05, 0) is 42.5 Å². The van der Waals surface area contributed by atoms with Gasteiger partial charge >= 0.3 is 0 Å². The van der Waals surface area contributed by atoms with Crippen LogP contribution >= 0.6 is 11.6 Å². The zero-order valence-electron chi connectivity index (χ0n) is 12.7. The monoisotopic (exact) mass is 311 g/mol. The molecule has 0 aliphatic heterocycles. The van der Waals surface area contributed by atoms with Crippen LogP contribution in [0.25, 0.3) is 0 Å². The molecule has 4 heteroatoms. The lowest BCUT2D eigenvalue weighted by atomic mass is 9.98. The molecule has 3 nitrogen and oxygen atoms in total. The molecule has 1 aliphatic rings. The van der Waals surface area contributed by atoms with E-state index in [1.165, 1.54) is 19.3 Å². The molecule has 3 atom stereocenters. The van der Waals surface area contributed by atoms with E-state index >= 15 is 0 Å². The molecule has 0 aromatic heterocycles. The van der Waals surface area contributed by atoms with Crippen LogP contribution in [0, 0.1) is 11.8 Å². The Morgan fingerprint density at radius 3 is 2.76 bits per heavy atom. The number of hydrogen-bond donors (Lipinski definition) is 2. The van der Waals surface area contributed by atoms with Crippen LogP contribution in [0.3, 0.4) is 0 Å². The Kier molecular flexibility index (Phi) is 6.97. The lowest BCUT2D eigenvalue weighted by molar-refractivity contribution is 0.0284. The maximum Gasteiger partial charge on any atom is 0.0897 e. The minimum absolute atomic E-state index is 0.357. The van der Waals surface area contributed by atoms with Gasteiger partial charge in [0.1, 0.15) is 0 Å². The average Bonchev–Trinajstić information content (AvgIpc) is 2.87. The summed E-state index contributed by atoms with van der Waals surface area (Å²) in [7, 11) is 0. The van der Waals surface area contributed by atoms with E-state index in [4.69, 9.17) is 16.3 Å². The van der Waals surface area contributed by atoms with Gasteiger partial charge in [0.15, 0.2) is 0 Å². The number of aliphatic hydroxyl groups is 1.